The normalized spacial score (nSPS) is 21.2. The minimum absolute atomic E-state index is 0.0509. The van der Waals surface area contributed by atoms with Crippen molar-refractivity contribution in [3.8, 4) is 5.75 Å². The lowest BCUT2D eigenvalue weighted by atomic mass is 9.62. The lowest BCUT2D eigenvalue weighted by Gasteiger charge is -2.44. The molecule has 0 heterocycles. The standard InChI is InChI=1S/C15H20BrNO/c16-12-8-10-4-1-2-5-11(10)13(14(12)18)15(9-17)6-3-7-15/h8,18H,1-7,9,17H2. The Bertz CT molecular complexity index is 474. The molecule has 2 aliphatic carbocycles. The highest BCUT2D eigenvalue weighted by Crippen LogP contribution is 2.51. The maximum Gasteiger partial charge on any atom is 0.133 e. The molecule has 0 atom stereocenters. The van der Waals surface area contributed by atoms with E-state index in [1.807, 2.05) is 0 Å². The molecule has 0 spiro atoms. The summed E-state index contributed by atoms with van der Waals surface area (Å²) in [4.78, 5) is 0. The van der Waals surface area contributed by atoms with Crippen molar-refractivity contribution in [2.24, 2.45) is 5.73 Å². The van der Waals surface area contributed by atoms with E-state index in [1.54, 1.807) is 0 Å². The summed E-state index contributed by atoms with van der Waals surface area (Å²) in [6.45, 7) is 0.656. The zero-order valence-electron chi connectivity index (χ0n) is 10.6. The van der Waals surface area contributed by atoms with Crippen LogP contribution in [0.15, 0.2) is 10.5 Å². The second-order valence-electron chi connectivity index (χ2n) is 5.76. The molecule has 1 aromatic carbocycles. The van der Waals surface area contributed by atoms with Gasteiger partial charge in [-0.2, -0.15) is 0 Å². The van der Waals surface area contributed by atoms with Gasteiger partial charge in [0, 0.05) is 17.5 Å². The Hall–Kier alpha value is -0.540. The minimum Gasteiger partial charge on any atom is -0.506 e. The third kappa shape index (κ3) is 1.71. The number of halogens is 1. The van der Waals surface area contributed by atoms with Gasteiger partial charge in [-0.05, 0) is 71.6 Å². The number of aromatic hydroxyl groups is 1. The molecule has 0 bridgehead atoms. The maximum atomic E-state index is 10.5. The summed E-state index contributed by atoms with van der Waals surface area (Å²) in [5, 5.41) is 10.5. The van der Waals surface area contributed by atoms with Crippen molar-refractivity contribution in [2.45, 2.75) is 50.4 Å². The maximum absolute atomic E-state index is 10.5. The third-order valence-corrected chi connectivity index (χ3v) is 5.41. The molecule has 0 amide bonds. The van der Waals surface area contributed by atoms with Crippen molar-refractivity contribution in [1.29, 1.82) is 0 Å². The van der Waals surface area contributed by atoms with E-state index in [9.17, 15) is 5.11 Å². The van der Waals surface area contributed by atoms with Crippen LogP contribution < -0.4 is 5.73 Å². The molecule has 0 unspecified atom stereocenters. The van der Waals surface area contributed by atoms with Gasteiger partial charge in [0.15, 0.2) is 0 Å². The fourth-order valence-corrected chi connectivity index (χ4v) is 4.06. The fraction of sp³-hybridized carbons (Fsp3) is 0.600. The number of rotatable bonds is 2. The SMILES string of the molecule is NCC1(c2c(O)c(Br)cc3c2CCCC3)CCC1. The number of hydrogen-bond acceptors (Lipinski definition) is 2. The number of fused-ring (bicyclic) bond motifs is 1. The zero-order valence-corrected chi connectivity index (χ0v) is 12.2. The Labute approximate surface area is 117 Å². The largest absolute Gasteiger partial charge is 0.506 e. The van der Waals surface area contributed by atoms with Crippen molar-refractivity contribution >= 4 is 15.9 Å². The van der Waals surface area contributed by atoms with Gasteiger partial charge in [-0.15, -0.1) is 0 Å². The predicted molar refractivity (Wildman–Crippen MR) is 77.0 cm³/mol. The third-order valence-electron chi connectivity index (χ3n) is 4.81. The van der Waals surface area contributed by atoms with Gasteiger partial charge in [0.25, 0.3) is 0 Å². The summed E-state index contributed by atoms with van der Waals surface area (Å²) < 4.78 is 0.845. The highest BCUT2D eigenvalue weighted by Gasteiger charge is 2.42. The van der Waals surface area contributed by atoms with Gasteiger partial charge in [0.1, 0.15) is 5.75 Å². The van der Waals surface area contributed by atoms with E-state index in [4.69, 9.17) is 5.73 Å². The number of phenols is 1. The smallest absolute Gasteiger partial charge is 0.133 e. The molecule has 0 saturated heterocycles. The quantitative estimate of drug-likeness (QED) is 0.879. The molecule has 98 valence electrons. The van der Waals surface area contributed by atoms with Gasteiger partial charge in [-0.3, -0.25) is 0 Å². The fourth-order valence-electron chi connectivity index (χ4n) is 3.59. The number of benzene rings is 1. The zero-order chi connectivity index (χ0) is 12.8. The number of nitrogens with two attached hydrogens (primary N) is 1. The molecule has 1 saturated carbocycles. The summed E-state index contributed by atoms with van der Waals surface area (Å²) in [5.74, 6) is 0.445. The van der Waals surface area contributed by atoms with Crippen LogP contribution in [0.25, 0.3) is 0 Å². The topological polar surface area (TPSA) is 46.2 Å². The van der Waals surface area contributed by atoms with Crippen molar-refractivity contribution < 1.29 is 5.11 Å². The lowest BCUT2D eigenvalue weighted by Crippen LogP contribution is -2.42. The summed E-state index contributed by atoms with van der Waals surface area (Å²) in [5.41, 5.74) is 10.1. The molecular weight excluding hydrogens is 290 g/mol. The van der Waals surface area contributed by atoms with E-state index >= 15 is 0 Å². The molecule has 1 aromatic rings. The first-order chi connectivity index (χ1) is 8.68. The average molecular weight is 310 g/mol. The van der Waals surface area contributed by atoms with Gasteiger partial charge in [-0.1, -0.05) is 6.42 Å². The molecule has 3 N–H and O–H groups in total. The molecule has 0 aliphatic heterocycles. The Kier molecular flexibility index (Phi) is 3.15. The van der Waals surface area contributed by atoms with Crippen LogP contribution in [0.2, 0.25) is 0 Å². The summed E-state index contributed by atoms with van der Waals surface area (Å²) >= 11 is 3.51. The summed E-state index contributed by atoms with van der Waals surface area (Å²) in [6, 6.07) is 2.11. The summed E-state index contributed by atoms with van der Waals surface area (Å²) in [6.07, 6.45) is 8.23. The number of hydrogen-bond donors (Lipinski definition) is 2. The van der Waals surface area contributed by atoms with Crippen LogP contribution in [0.5, 0.6) is 5.75 Å². The first-order valence-corrected chi connectivity index (χ1v) is 7.71. The van der Waals surface area contributed by atoms with Crippen LogP contribution in [0, 0.1) is 0 Å². The molecule has 2 aliphatic rings. The van der Waals surface area contributed by atoms with Crippen LogP contribution in [-0.2, 0) is 18.3 Å². The van der Waals surface area contributed by atoms with Crippen molar-refractivity contribution in [3.63, 3.8) is 0 Å². The minimum atomic E-state index is 0.0509. The monoisotopic (exact) mass is 309 g/mol. The predicted octanol–water partition coefficient (Wildman–Crippen LogP) is 3.41. The van der Waals surface area contributed by atoms with Gasteiger partial charge < -0.3 is 10.8 Å². The molecule has 3 heteroatoms. The number of phenolic OH excluding ortho intramolecular Hbond substituents is 1. The van der Waals surface area contributed by atoms with Gasteiger partial charge in [-0.25, -0.2) is 0 Å². The Morgan fingerprint density at radius 3 is 2.56 bits per heavy atom. The second-order valence-corrected chi connectivity index (χ2v) is 6.62. The second kappa shape index (κ2) is 4.53. The van der Waals surface area contributed by atoms with Crippen LogP contribution in [0.4, 0.5) is 0 Å². The summed E-state index contributed by atoms with van der Waals surface area (Å²) in [7, 11) is 0. The highest BCUT2D eigenvalue weighted by molar-refractivity contribution is 9.10. The van der Waals surface area contributed by atoms with Gasteiger partial charge in [0.2, 0.25) is 0 Å². The van der Waals surface area contributed by atoms with Crippen LogP contribution in [-0.4, -0.2) is 11.7 Å². The molecule has 1 fully saturated rings. The Balaban J connectivity index is 2.20. The molecular formula is C15H20BrNO. The van der Waals surface area contributed by atoms with Crippen LogP contribution in [0.1, 0.15) is 48.8 Å². The molecule has 18 heavy (non-hydrogen) atoms. The first kappa shape index (κ1) is 12.5. The first-order valence-electron chi connectivity index (χ1n) is 6.92. The van der Waals surface area contributed by atoms with Gasteiger partial charge >= 0.3 is 0 Å². The average Bonchev–Trinajstić information content (AvgIpc) is 2.33. The van der Waals surface area contributed by atoms with Crippen molar-refractivity contribution in [1.82, 2.24) is 0 Å². The van der Waals surface area contributed by atoms with E-state index in [0.29, 0.717) is 12.3 Å². The molecule has 0 aromatic heterocycles. The Morgan fingerprint density at radius 2 is 1.94 bits per heavy atom. The molecule has 3 rings (SSSR count). The van der Waals surface area contributed by atoms with Crippen LogP contribution >= 0.6 is 15.9 Å². The lowest BCUT2D eigenvalue weighted by molar-refractivity contribution is 0.242. The van der Waals surface area contributed by atoms with Gasteiger partial charge in [0.05, 0.1) is 4.47 Å². The van der Waals surface area contributed by atoms with Crippen molar-refractivity contribution in [2.75, 3.05) is 6.54 Å². The van der Waals surface area contributed by atoms with E-state index in [1.165, 1.54) is 36.0 Å². The number of aryl methyl sites for hydroxylation is 1. The Morgan fingerprint density at radius 1 is 1.22 bits per heavy atom. The van der Waals surface area contributed by atoms with Crippen LogP contribution in [0.3, 0.4) is 0 Å². The van der Waals surface area contributed by atoms with E-state index in [2.05, 4.69) is 22.0 Å². The van der Waals surface area contributed by atoms with Crippen molar-refractivity contribution in [3.05, 3.63) is 27.2 Å². The van der Waals surface area contributed by atoms with E-state index < -0.39 is 0 Å². The molecule has 2 nitrogen and oxygen atoms in total. The van der Waals surface area contributed by atoms with E-state index in [0.717, 1.165) is 30.2 Å². The molecule has 0 radical (unpaired) electrons. The highest BCUT2D eigenvalue weighted by atomic mass is 79.9. The van der Waals surface area contributed by atoms with E-state index in [-0.39, 0.29) is 5.41 Å².